The highest BCUT2D eigenvalue weighted by atomic mass is 16.5. The number of carbonyl (C=O) groups excluding carboxylic acids is 2. The largest absolute Gasteiger partial charge is 0.467 e. The maximum absolute atomic E-state index is 11.8. The molecule has 112 valence electrons. The molecule has 0 aliphatic rings. The summed E-state index contributed by atoms with van der Waals surface area (Å²) < 4.78 is 9.67. The van der Waals surface area contributed by atoms with Crippen LogP contribution in [0.1, 0.15) is 18.1 Å². The zero-order valence-corrected chi connectivity index (χ0v) is 12.1. The van der Waals surface area contributed by atoms with Crippen LogP contribution in [0.4, 0.5) is 0 Å². The molecule has 1 rings (SSSR count). The first-order chi connectivity index (χ1) is 10.1. The molecule has 1 atom stereocenters. The summed E-state index contributed by atoms with van der Waals surface area (Å²) in [4.78, 5) is 23.4. The zero-order chi connectivity index (χ0) is 15.7. The van der Waals surface area contributed by atoms with Crippen molar-refractivity contribution in [1.29, 1.82) is 5.26 Å². The summed E-state index contributed by atoms with van der Waals surface area (Å²) in [5.74, 6) is -0.964. The molecule has 0 aliphatic carbocycles. The van der Waals surface area contributed by atoms with Gasteiger partial charge in [0, 0.05) is 13.0 Å². The quantitative estimate of drug-likeness (QED) is 0.750. The maximum Gasteiger partial charge on any atom is 0.328 e. The predicted molar refractivity (Wildman–Crippen MR) is 75.3 cm³/mol. The van der Waals surface area contributed by atoms with E-state index < -0.39 is 17.9 Å². The third kappa shape index (κ3) is 5.24. The van der Waals surface area contributed by atoms with Crippen molar-refractivity contribution in [3.05, 3.63) is 35.4 Å². The van der Waals surface area contributed by atoms with E-state index in [-0.39, 0.29) is 13.0 Å². The van der Waals surface area contributed by atoms with E-state index in [1.54, 1.807) is 31.2 Å². The molecular weight excluding hydrogens is 272 g/mol. The van der Waals surface area contributed by atoms with Crippen molar-refractivity contribution in [3.63, 3.8) is 0 Å². The van der Waals surface area contributed by atoms with E-state index in [0.717, 1.165) is 0 Å². The van der Waals surface area contributed by atoms with Gasteiger partial charge in [0.1, 0.15) is 12.6 Å². The molecule has 21 heavy (non-hydrogen) atoms. The fourth-order valence-corrected chi connectivity index (χ4v) is 1.79. The Bertz CT molecular complexity index is 537. The Morgan fingerprint density at radius 2 is 2.10 bits per heavy atom. The van der Waals surface area contributed by atoms with Gasteiger partial charge in [-0.2, -0.15) is 5.26 Å². The smallest absolute Gasteiger partial charge is 0.328 e. The molecule has 0 saturated carbocycles. The lowest BCUT2D eigenvalue weighted by molar-refractivity contribution is -0.145. The van der Waals surface area contributed by atoms with E-state index in [2.05, 4.69) is 16.1 Å². The number of benzene rings is 1. The molecule has 0 fully saturated rings. The standard InChI is InChI=1S/C15H18N2O4/c1-3-21-10-14(18)17-13(15(19)20-2)8-11-6-4-5-7-12(11)9-16/h4-7,13H,3,8,10H2,1-2H3,(H,17,18)/t13-/m0/s1. The Kier molecular flexibility index (Phi) is 6.92. The Morgan fingerprint density at radius 1 is 1.38 bits per heavy atom. The molecule has 1 aromatic rings. The number of carbonyl (C=O) groups is 2. The van der Waals surface area contributed by atoms with Crippen LogP contribution in [0, 0.1) is 11.3 Å². The van der Waals surface area contributed by atoms with E-state index in [0.29, 0.717) is 17.7 Å². The molecule has 1 N–H and O–H groups in total. The summed E-state index contributed by atoms with van der Waals surface area (Å²) in [7, 11) is 1.25. The normalized spacial score (nSPS) is 11.3. The average Bonchev–Trinajstić information content (AvgIpc) is 2.51. The number of nitrogens with one attached hydrogen (secondary N) is 1. The third-order valence-corrected chi connectivity index (χ3v) is 2.82. The van der Waals surface area contributed by atoms with Crippen molar-refractivity contribution in [1.82, 2.24) is 5.32 Å². The van der Waals surface area contributed by atoms with Gasteiger partial charge >= 0.3 is 5.97 Å². The Hall–Kier alpha value is -2.39. The molecule has 0 heterocycles. The zero-order valence-electron chi connectivity index (χ0n) is 12.1. The molecule has 0 aromatic heterocycles. The summed E-state index contributed by atoms with van der Waals surface area (Å²) in [5.41, 5.74) is 1.14. The molecule has 0 unspecified atom stereocenters. The van der Waals surface area contributed by atoms with Gasteiger partial charge in [-0.15, -0.1) is 0 Å². The molecule has 0 saturated heterocycles. The first-order valence-electron chi connectivity index (χ1n) is 6.55. The fourth-order valence-electron chi connectivity index (χ4n) is 1.79. The van der Waals surface area contributed by atoms with Crippen LogP contribution in [0.25, 0.3) is 0 Å². The van der Waals surface area contributed by atoms with Crippen molar-refractivity contribution >= 4 is 11.9 Å². The summed E-state index contributed by atoms with van der Waals surface area (Å²) in [6, 6.07) is 8.11. The van der Waals surface area contributed by atoms with Gasteiger partial charge in [0.15, 0.2) is 0 Å². The Morgan fingerprint density at radius 3 is 2.71 bits per heavy atom. The highest BCUT2D eigenvalue weighted by Crippen LogP contribution is 2.11. The van der Waals surface area contributed by atoms with Gasteiger partial charge in [-0.3, -0.25) is 4.79 Å². The Labute approximate surface area is 123 Å². The van der Waals surface area contributed by atoms with Crippen molar-refractivity contribution < 1.29 is 19.1 Å². The van der Waals surface area contributed by atoms with E-state index >= 15 is 0 Å². The molecule has 1 amide bonds. The SMILES string of the molecule is CCOCC(=O)N[C@@H](Cc1ccccc1C#N)C(=O)OC. The minimum absolute atomic E-state index is 0.121. The van der Waals surface area contributed by atoms with Crippen molar-refractivity contribution in [2.24, 2.45) is 0 Å². The molecule has 0 aliphatic heterocycles. The molecular formula is C15H18N2O4. The van der Waals surface area contributed by atoms with Gasteiger partial charge in [-0.1, -0.05) is 18.2 Å². The first kappa shape index (κ1) is 16.7. The van der Waals surface area contributed by atoms with Gasteiger partial charge in [0.05, 0.1) is 18.7 Å². The number of methoxy groups -OCH3 is 1. The molecule has 1 aromatic carbocycles. The Balaban J connectivity index is 2.81. The van der Waals surface area contributed by atoms with Gasteiger partial charge in [-0.05, 0) is 18.6 Å². The maximum atomic E-state index is 11.8. The van der Waals surface area contributed by atoms with Gasteiger partial charge in [-0.25, -0.2) is 4.79 Å². The average molecular weight is 290 g/mol. The van der Waals surface area contributed by atoms with Crippen LogP contribution < -0.4 is 5.32 Å². The van der Waals surface area contributed by atoms with E-state index in [1.807, 2.05) is 0 Å². The number of hydrogen-bond acceptors (Lipinski definition) is 5. The van der Waals surface area contributed by atoms with Crippen LogP contribution in [-0.4, -0.2) is 38.2 Å². The number of hydrogen-bond donors (Lipinski definition) is 1. The lowest BCUT2D eigenvalue weighted by atomic mass is 10.0. The van der Waals surface area contributed by atoms with Crippen molar-refractivity contribution in [2.45, 2.75) is 19.4 Å². The predicted octanol–water partition coefficient (Wildman–Crippen LogP) is 0.795. The number of ether oxygens (including phenoxy) is 2. The minimum Gasteiger partial charge on any atom is -0.467 e. The van der Waals surface area contributed by atoms with Crippen molar-refractivity contribution in [2.75, 3.05) is 20.3 Å². The van der Waals surface area contributed by atoms with Crippen LogP contribution >= 0.6 is 0 Å². The summed E-state index contributed by atoms with van der Waals surface area (Å²) in [6.45, 7) is 2.06. The number of nitriles is 1. The minimum atomic E-state index is -0.850. The number of esters is 1. The summed E-state index contributed by atoms with van der Waals surface area (Å²) in [5, 5.41) is 11.6. The van der Waals surface area contributed by atoms with Crippen molar-refractivity contribution in [3.8, 4) is 6.07 Å². The molecule has 6 heteroatoms. The van der Waals surface area contributed by atoms with Crippen LogP contribution in [0.3, 0.4) is 0 Å². The second-order valence-electron chi connectivity index (χ2n) is 4.25. The van der Waals surface area contributed by atoms with Crippen LogP contribution in [-0.2, 0) is 25.5 Å². The highest BCUT2D eigenvalue weighted by Gasteiger charge is 2.22. The molecule has 0 spiro atoms. The van der Waals surface area contributed by atoms with Crippen LogP contribution in [0.15, 0.2) is 24.3 Å². The molecule has 0 radical (unpaired) electrons. The summed E-state index contributed by atoms with van der Waals surface area (Å²) in [6.07, 6.45) is 0.189. The number of nitrogens with zero attached hydrogens (tertiary/aromatic N) is 1. The van der Waals surface area contributed by atoms with Crippen LogP contribution in [0.5, 0.6) is 0 Å². The molecule has 6 nitrogen and oxygen atoms in total. The van der Waals surface area contributed by atoms with Gasteiger partial charge < -0.3 is 14.8 Å². The third-order valence-electron chi connectivity index (χ3n) is 2.82. The lowest BCUT2D eigenvalue weighted by Gasteiger charge is -2.17. The van der Waals surface area contributed by atoms with Gasteiger partial charge in [0.2, 0.25) is 5.91 Å². The summed E-state index contributed by atoms with van der Waals surface area (Å²) >= 11 is 0. The monoisotopic (exact) mass is 290 g/mol. The fraction of sp³-hybridized carbons (Fsp3) is 0.400. The second kappa shape index (κ2) is 8.72. The van der Waals surface area contributed by atoms with E-state index in [4.69, 9.17) is 10.00 Å². The van der Waals surface area contributed by atoms with Gasteiger partial charge in [0.25, 0.3) is 0 Å². The topological polar surface area (TPSA) is 88.4 Å². The van der Waals surface area contributed by atoms with Crippen LogP contribution in [0.2, 0.25) is 0 Å². The molecule has 0 bridgehead atoms. The number of rotatable bonds is 7. The van der Waals surface area contributed by atoms with E-state index in [1.165, 1.54) is 7.11 Å². The highest BCUT2D eigenvalue weighted by molar-refractivity contribution is 5.85. The second-order valence-corrected chi connectivity index (χ2v) is 4.25. The van der Waals surface area contributed by atoms with E-state index in [9.17, 15) is 9.59 Å². The number of amides is 1. The first-order valence-corrected chi connectivity index (χ1v) is 6.55. The lowest BCUT2D eigenvalue weighted by Crippen LogP contribution is -2.44.